The number of aliphatic hydroxyl groups is 3. The summed E-state index contributed by atoms with van der Waals surface area (Å²) in [7, 11) is 0. The number of ether oxygens (including phenoxy) is 1. The Balaban J connectivity index is 2.07. The molecule has 0 bridgehead atoms. The molecule has 1 heterocycles. The fourth-order valence-electron chi connectivity index (χ4n) is 2.79. The average molecular weight is 409 g/mol. The maximum Gasteiger partial charge on any atom is 0.370 e. The monoisotopic (exact) mass is 409 g/mol. The minimum atomic E-state index is -1.74. The van der Waals surface area contributed by atoms with Gasteiger partial charge < -0.3 is 41.5 Å². The molecule has 0 aromatic heterocycles. The fourth-order valence-corrected chi connectivity index (χ4v) is 2.79. The van der Waals surface area contributed by atoms with Gasteiger partial charge in [-0.2, -0.15) is 0 Å². The van der Waals surface area contributed by atoms with E-state index in [9.17, 15) is 29.7 Å². The highest BCUT2D eigenvalue weighted by molar-refractivity contribution is 5.94. The lowest BCUT2D eigenvalue weighted by Gasteiger charge is -2.38. The lowest BCUT2D eigenvalue weighted by Crippen LogP contribution is -2.60. The van der Waals surface area contributed by atoms with Crippen LogP contribution >= 0.6 is 0 Å². The number of anilines is 1. The molecular weight excluding hydrogens is 386 g/mol. The second-order valence-electron chi connectivity index (χ2n) is 6.53. The molecule has 0 saturated heterocycles. The molecule has 8 N–H and O–H groups in total. The second kappa shape index (κ2) is 9.37. The first-order valence-electron chi connectivity index (χ1n) is 8.67. The summed E-state index contributed by atoms with van der Waals surface area (Å²) in [6, 6.07) is 4.79. The second-order valence-corrected chi connectivity index (χ2v) is 6.53. The van der Waals surface area contributed by atoms with E-state index in [0.29, 0.717) is 5.69 Å². The Hall–Kier alpha value is -3.15. The predicted molar refractivity (Wildman–Crippen MR) is 99.4 cm³/mol. The first-order chi connectivity index (χ1) is 13.6. The maximum atomic E-state index is 12.1. The summed E-state index contributed by atoms with van der Waals surface area (Å²) < 4.78 is 5.17. The van der Waals surface area contributed by atoms with E-state index in [2.05, 4.69) is 10.6 Å². The highest BCUT2D eigenvalue weighted by Gasteiger charge is 2.43. The molecule has 5 atom stereocenters. The van der Waals surface area contributed by atoms with E-state index in [4.69, 9.17) is 15.6 Å². The molecule has 11 nitrogen and oxygen atoms in total. The molecule has 0 spiro atoms. The maximum absolute atomic E-state index is 12.1. The molecule has 1 aromatic rings. The number of hydrogen-bond donors (Lipinski definition) is 7. The van der Waals surface area contributed by atoms with Crippen molar-refractivity contribution < 1.29 is 39.5 Å². The lowest BCUT2D eigenvalue weighted by molar-refractivity contribution is -0.147. The van der Waals surface area contributed by atoms with Crippen LogP contribution in [0.1, 0.15) is 17.3 Å². The summed E-state index contributed by atoms with van der Waals surface area (Å²) in [6.07, 6.45) is -5.41. The number of carboxylic acids is 1. The molecule has 2 amide bonds. The molecule has 1 aliphatic heterocycles. The molecule has 29 heavy (non-hydrogen) atoms. The Morgan fingerprint density at radius 1 is 1.21 bits per heavy atom. The Labute approximate surface area is 165 Å². The number of nitrogens with two attached hydrogens (primary N) is 1. The number of nitrogens with one attached hydrogen (secondary N) is 2. The molecule has 158 valence electrons. The van der Waals surface area contributed by atoms with Gasteiger partial charge in [-0.1, -0.05) is 0 Å². The fraction of sp³-hybridized carbons (Fsp3) is 0.389. The zero-order valence-corrected chi connectivity index (χ0v) is 15.5. The highest BCUT2D eigenvalue weighted by Crippen LogP contribution is 2.23. The van der Waals surface area contributed by atoms with E-state index in [1.807, 2.05) is 0 Å². The van der Waals surface area contributed by atoms with Gasteiger partial charge in [0.15, 0.2) is 6.10 Å². The van der Waals surface area contributed by atoms with E-state index in [1.54, 1.807) is 0 Å². The van der Waals surface area contributed by atoms with Gasteiger partial charge in [-0.3, -0.25) is 9.59 Å². The van der Waals surface area contributed by atoms with Crippen LogP contribution in [0.4, 0.5) is 5.69 Å². The van der Waals surface area contributed by atoms with Crippen molar-refractivity contribution in [2.45, 2.75) is 37.4 Å². The molecular formula is C18H23N3O8. The molecule has 2 rings (SSSR count). The summed E-state index contributed by atoms with van der Waals surface area (Å²) in [5.41, 5.74) is 6.29. The molecule has 1 aromatic carbocycles. The Bertz CT molecular complexity index is 795. The van der Waals surface area contributed by atoms with Gasteiger partial charge in [0.2, 0.25) is 11.7 Å². The lowest BCUT2D eigenvalue weighted by atomic mass is 9.93. The minimum absolute atomic E-state index is 0.275. The van der Waals surface area contributed by atoms with E-state index < -0.39 is 60.5 Å². The van der Waals surface area contributed by atoms with Crippen LogP contribution in [0.5, 0.6) is 0 Å². The third-order valence-electron chi connectivity index (χ3n) is 4.26. The van der Waals surface area contributed by atoms with Crippen molar-refractivity contribution in [2.24, 2.45) is 0 Å². The summed E-state index contributed by atoms with van der Waals surface area (Å²) >= 11 is 0. The highest BCUT2D eigenvalue weighted by atomic mass is 16.5. The third kappa shape index (κ3) is 5.67. The van der Waals surface area contributed by atoms with Gasteiger partial charge in [0, 0.05) is 24.7 Å². The number of hydrogen-bond acceptors (Lipinski definition) is 8. The van der Waals surface area contributed by atoms with Crippen molar-refractivity contribution in [1.82, 2.24) is 10.6 Å². The van der Waals surface area contributed by atoms with Gasteiger partial charge in [-0.05, 0) is 30.3 Å². The average Bonchev–Trinajstić information content (AvgIpc) is 2.66. The van der Waals surface area contributed by atoms with E-state index in [1.165, 1.54) is 24.3 Å². The smallest absolute Gasteiger partial charge is 0.370 e. The van der Waals surface area contributed by atoms with Gasteiger partial charge in [0.05, 0.1) is 6.04 Å². The quantitative estimate of drug-likeness (QED) is 0.248. The van der Waals surface area contributed by atoms with Crippen molar-refractivity contribution in [1.29, 1.82) is 0 Å². The van der Waals surface area contributed by atoms with Crippen molar-refractivity contribution >= 4 is 23.5 Å². The van der Waals surface area contributed by atoms with E-state index in [-0.39, 0.29) is 5.56 Å². The van der Waals surface area contributed by atoms with Crippen molar-refractivity contribution in [3.05, 3.63) is 41.7 Å². The number of aliphatic carboxylic acids is 1. The molecule has 0 radical (unpaired) electrons. The molecule has 0 fully saturated rings. The van der Waals surface area contributed by atoms with Crippen LogP contribution in [-0.2, 0) is 14.3 Å². The van der Waals surface area contributed by atoms with Gasteiger partial charge in [0.1, 0.15) is 18.3 Å². The minimum Gasteiger partial charge on any atom is -0.478 e. The largest absolute Gasteiger partial charge is 0.478 e. The van der Waals surface area contributed by atoms with Crippen molar-refractivity contribution in [2.75, 3.05) is 12.3 Å². The zero-order chi connectivity index (χ0) is 21.7. The molecule has 0 saturated carbocycles. The summed E-state index contributed by atoms with van der Waals surface area (Å²) in [5, 5.41) is 44.7. The summed E-state index contributed by atoms with van der Waals surface area (Å²) in [6.45, 7) is 0.759. The zero-order valence-electron chi connectivity index (χ0n) is 15.5. The number of aliphatic hydroxyl groups excluding tert-OH is 3. The summed E-state index contributed by atoms with van der Waals surface area (Å²) in [4.78, 5) is 34.6. The third-order valence-corrected chi connectivity index (χ3v) is 4.26. The van der Waals surface area contributed by atoms with Crippen LogP contribution in [0, 0.1) is 0 Å². The van der Waals surface area contributed by atoms with Crippen LogP contribution < -0.4 is 16.4 Å². The Kier molecular flexibility index (Phi) is 7.15. The summed E-state index contributed by atoms with van der Waals surface area (Å²) in [5.74, 6) is -3.23. The molecule has 11 heteroatoms. The normalized spacial score (nSPS) is 23.2. The number of carbonyl (C=O) groups is 3. The van der Waals surface area contributed by atoms with Crippen LogP contribution in [0.15, 0.2) is 36.1 Å². The van der Waals surface area contributed by atoms with Crippen LogP contribution in [0.3, 0.4) is 0 Å². The van der Waals surface area contributed by atoms with Crippen LogP contribution in [0.2, 0.25) is 0 Å². The Morgan fingerprint density at radius 3 is 2.38 bits per heavy atom. The Morgan fingerprint density at radius 2 is 1.83 bits per heavy atom. The van der Waals surface area contributed by atoms with Gasteiger partial charge >= 0.3 is 5.97 Å². The number of amides is 2. The molecule has 0 unspecified atom stereocenters. The van der Waals surface area contributed by atoms with Crippen LogP contribution in [-0.4, -0.2) is 75.2 Å². The van der Waals surface area contributed by atoms with Crippen LogP contribution in [0.25, 0.3) is 0 Å². The number of carboxylic acid groups (broad SMARTS) is 1. The number of rotatable bonds is 7. The first kappa shape index (κ1) is 22.1. The van der Waals surface area contributed by atoms with Gasteiger partial charge in [-0.15, -0.1) is 0 Å². The SMILES string of the molecule is CC(=O)N[C@H]1[C@H]([C@H](O)[C@H](O)CNC(=O)c2ccc(N)cc2)OC(C(=O)O)=C[C@@H]1O. The standard InChI is InChI=1S/C18H23N3O8/c1-8(22)21-14-11(23)6-13(18(27)28)29-16(14)15(25)12(24)7-20-17(26)9-2-4-10(19)5-3-9/h2-6,11-12,14-16,23-25H,7,19H2,1H3,(H,20,26)(H,21,22)(H,27,28)/t11-,12+,14+,15+,16+/m0/s1. The van der Waals surface area contributed by atoms with E-state index >= 15 is 0 Å². The van der Waals surface area contributed by atoms with E-state index in [0.717, 1.165) is 13.0 Å². The van der Waals surface area contributed by atoms with Crippen molar-refractivity contribution in [3.63, 3.8) is 0 Å². The first-order valence-corrected chi connectivity index (χ1v) is 8.67. The predicted octanol–water partition coefficient (Wildman–Crippen LogP) is -2.05. The molecule has 1 aliphatic rings. The van der Waals surface area contributed by atoms with Gasteiger partial charge in [-0.25, -0.2) is 4.79 Å². The topological polar surface area (TPSA) is 191 Å². The van der Waals surface area contributed by atoms with Crippen molar-refractivity contribution in [3.8, 4) is 0 Å². The number of nitrogen functional groups attached to an aromatic ring is 1. The number of carbonyl (C=O) groups excluding carboxylic acids is 2. The van der Waals surface area contributed by atoms with Gasteiger partial charge in [0.25, 0.3) is 5.91 Å². The molecule has 0 aliphatic carbocycles. The number of benzene rings is 1.